The summed E-state index contributed by atoms with van der Waals surface area (Å²) in [5.74, 6) is 3.03. The van der Waals surface area contributed by atoms with Crippen LogP contribution in [0.5, 0.6) is 0 Å². The van der Waals surface area contributed by atoms with E-state index in [1.807, 2.05) is 17.0 Å². The molecule has 0 aromatic carbocycles. The van der Waals surface area contributed by atoms with Gasteiger partial charge >= 0.3 is 5.69 Å². The highest BCUT2D eigenvalue weighted by Crippen LogP contribution is 2.47. The third-order valence-electron chi connectivity index (χ3n) is 4.88. The van der Waals surface area contributed by atoms with Gasteiger partial charge in [0.2, 0.25) is 5.91 Å². The fraction of sp³-hybridized carbons (Fsp3) is 0.500. The largest absolute Gasteiger partial charge is 0.464 e. The predicted molar refractivity (Wildman–Crippen MR) is 87.3 cm³/mol. The third kappa shape index (κ3) is 3.13. The van der Waals surface area contributed by atoms with Crippen LogP contribution < -0.4 is 5.69 Å². The molecule has 0 spiro atoms. The summed E-state index contributed by atoms with van der Waals surface area (Å²) in [5.41, 5.74) is -0.399. The van der Waals surface area contributed by atoms with Crippen LogP contribution in [0, 0.1) is 5.92 Å². The van der Waals surface area contributed by atoms with Crippen molar-refractivity contribution in [2.75, 3.05) is 0 Å². The molecule has 0 N–H and O–H groups in total. The lowest BCUT2D eigenvalue weighted by Gasteiger charge is -2.21. The highest BCUT2D eigenvalue weighted by atomic mass is 16.3. The summed E-state index contributed by atoms with van der Waals surface area (Å²) in [6, 6.07) is 5.92. The number of hydrogen-bond acceptors (Lipinski definition) is 4. The van der Waals surface area contributed by atoms with Gasteiger partial charge in [-0.05, 0) is 43.4 Å². The Hall–Kier alpha value is -2.37. The second-order valence-electron chi connectivity index (χ2n) is 6.91. The van der Waals surface area contributed by atoms with E-state index in [4.69, 9.17) is 4.42 Å². The quantitative estimate of drug-likeness (QED) is 0.815. The second kappa shape index (κ2) is 5.92. The van der Waals surface area contributed by atoms with Gasteiger partial charge in [0.25, 0.3) is 0 Å². The molecule has 2 atom stereocenters. The van der Waals surface area contributed by atoms with Crippen LogP contribution in [0.2, 0.25) is 0 Å². The SMILES string of the molecule is CC1CC1c1ccc(CN(C(=O)Cn2cccnc2=O)C2CC2)o1. The lowest BCUT2D eigenvalue weighted by molar-refractivity contribution is -0.133. The van der Waals surface area contributed by atoms with Crippen molar-refractivity contribution in [1.29, 1.82) is 0 Å². The second-order valence-corrected chi connectivity index (χ2v) is 6.91. The first kappa shape index (κ1) is 15.2. The Morgan fingerprint density at radius 3 is 2.88 bits per heavy atom. The summed E-state index contributed by atoms with van der Waals surface area (Å²) in [5, 5.41) is 0. The van der Waals surface area contributed by atoms with Gasteiger partial charge in [0.1, 0.15) is 18.1 Å². The van der Waals surface area contributed by atoms with Crippen LogP contribution >= 0.6 is 0 Å². The van der Waals surface area contributed by atoms with Crippen molar-refractivity contribution < 1.29 is 9.21 Å². The molecule has 2 aliphatic carbocycles. The van der Waals surface area contributed by atoms with E-state index in [-0.39, 0.29) is 18.5 Å². The molecule has 0 bridgehead atoms. The van der Waals surface area contributed by atoms with Crippen LogP contribution in [0.15, 0.2) is 39.8 Å². The number of aromatic nitrogens is 2. The van der Waals surface area contributed by atoms with E-state index in [2.05, 4.69) is 11.9 Å². The monoisotopic (exact) mass is 327 g/mol. The first-order valence-electron chi connectivity index (χ1n) is 8.51. The van der Waals surface area contributed by atoms with Crippen molar-refractivity contribution in [2.45, 2.75) is 51.2 Å². The molecule has 0 saturated heterocycles. The minimum absolute atomic E-state index is 0.0242. The molecule has 1 amide bonds. The van der Waals surface area contributed by atoms with E-state index in [0.29, 0.717) is 18.4 Å². The number of furan rings is 1. The lowest BCUT2D eigenvalue weighted by Crippen LogP contribution is -2.37. The summed E-state index contributed by atoms with van der Waals surface area (Å²) in [6.45, 7) is 2.72. The summed E-state index contributed by atoms with van der Waals surface area (Å²) in [4.78, 5) is 29.9. The number of hydrogen-bond donors (Lipinski definition) is 0. The van der Waals surface area contributed by atoms with Crippen LogP contribution in [0.25, 0.3) is 0 Å². The minimum atomic E-state index is -0.399. The highest BCUT2D eigenvalue weighted by Gasteiger charge is 2.37. The van der Waals surface area contributed by atoms with Crippen LogP contribution in [-0.2, 0) is 17.9 Å². The normalized spacial score (nSPS) is 22.4. The fourth-order valence-corrected chi connectivity index (χ4v) is 3.12. The van der Waals surface area contributed by atoms with Gasteiger partial charge in [0, 0.05) is 24.4 Å². The Morgan fingerprint density at radius 1 is 1.42 bits per heavy atom. The maximum atomic E-state index is 12.7. The zero-order chi connectivity index (χ0) is 16.7. The van der Waals surface area contributed by atoms with Gasteiger partial charge in [-0.3, -0.25) is 9.36 Å². The van der Waals surface area contributed by atoms with E-state index in [9.17, 15) is 9.59 Å². The molecule has 2 aromatic heterocycles. The minimum Gasteiger partial charge on any atom is -0.464 e. The number of carbonyl (C=O) groups is 1. The van der Waals surface area contributed by atoms with E-state index in [1.54, 1.807) is 12.3 Å². The molecule has 6 nitrogen and oxygen atoms in total. The Balaban J connectivity index is 1.46. The molecule has 0 aliphatic heterocycles. The van der Waals surface area contributed by atoms with Gasteiger partial charge in [-0.2, -0.15) is 0 Å². The zero-order valence-electron chi connectivity index (χ0n) is 13.7. The molecular formula is C18H21N3O3. The Labute approximate surface area is 140 Å². The molecule has 2 unspecified atom stereocenters. The van der Waals surface area contributed by atoms with E-state index < -0.39 is 5.69 Å². The lowest BCUT2D eigenvalue weighted by atomic mass is 10.3. The molecule has 2 heterocycles. The average Bonchev–Trinajstić information content (AvgIpc) is 3.48. The summed E-state index contributed by atoms with van der Waals surface area (Å²) < 4.78 is 7.28. The summed E-state index contributed by atoms with van der Waals surface area (Å²) in [7, 11) is 0. The van der Waals surface area contributed by atoms with Crippen LogP contribution in [0.1, 0.15) is 43.6 Å². The van der Waals surface area contributed by atoms with Gasteiger partial charge < -0.3 is 9.32 Å². The topological polar surface area (TPSA) is 68.3 Å². The Morgan fingerprint density at radius 2 is 2.21 bits per heavy atom. The van der Waals surface area contributed by atoms with E-state index in [1.165, 1.54) is 17.2 Å². The highest BCUT2D eigenvalue weighted by molar-refractivity contribution is 5.76. The zero-order valence-corrected chi connectivity index (χ0v) is 13.7. The molecule has 6 heteroatoms. The Bertz CT molecular complexity index is 806. The molecule has 0 radical (unpaired) electrons. The number of nitrogens with zero attached hydrogens (tertiary/aromatic N) is 3. The third-order valence-corrected chi connectivity index (χ3v) is 4.88. The molecule has 2 saturated carbocycles. The first-order chi connectivity index (χ1) is 11.6. The molecule has 24 heavy (non-hydrogen) atoms. The molecule has 2 aromatic rings. The van der Waals surface area contributed by atoms with Crippen molar-refractivity contribution in [2.24, 2.45) is 5.92 Å². The van der Waals surface area contributed by atoms with Crippen LogP contribution in [0.3, 0.4) is 0 Å². The number of amides is 1. The molecule has 2 aliphatic rings. The Kier molecular flexibility index (Phi) is 3.75. The number of carbonyl (C=O) groups excluding carboxylic acids is 1. The maximum Gasteiger partial charge on any atom is 0.347 e. The van der Waals surface area contributed by atoms with Gasteiger partial charge in [-0.15, -0.1) is 0 Å². The number of rotatable bonds is 6. The summed E-state index contributed by atoms with van der Waals surface area (Å²) >= 11 is 0. The standard InChI is InChI=1S/C18H21N3O3/c1-12-9-15(12)16-6-5-14(24-16)10-21(13-3-4-13)17(22)11-20-8-2-7-19-18(20)23/h2,5-8,12-13,15H,3-4,9-11H2,1H3. The van der Waals surface area contributed by atoms with Gasteiger partial charge in [-0.1, -0.05) is 6.92 Å². The first-order valence-corrected chi connectivity index (χ1v) is 8.51. The maximum absolute atomic E-state index is 12.7. The van der Waals surface area contributed by atoms with Crippen molar-refractivity contribution >= 4 is 5.91 Å². The fourth-order valence-electron chi connectivity index (χ4n) is 3.12. The summed E-state index contributed by atoms with van der Waals surface area (Å²) in [6.07, 6.45) is 6.24. The van der Waals surface area contributed by atoms with Crippen LogP contribution in [-0.4, -0.2) is 26.4 Å². The van der Waals surface area contributed by atoms with E-state index >= 15 is 0 Å². The van der Waals surface area contributed by atoms with Crippen molar-refractivity contribution in [3.8, 4) is 0 Å². The van der Waals surface area contributed by atoms with Crippen LogP contribution in [0.4, 0.5) is 0 Å². The van der Waals surface area contributed by atoms with Gasteiger partial charge in [0.05, 0.1) is 6.54 Å². The molecule has 2 fully saturated rings. The van der Waals surface area contributed by atoms with Crippen molar-refractivity contribution in [1.82, 2.24) is 14.5 Å². The molecule has 4 rings (SSSR count). The van der Waals surface area contributed by atoms with Crippen molar-refractivity contribution in [3.05, 3.63) is 52.6 Å². The molecule has 126 valence electrons. The van der Waals surface area contributed by atoms with Gasteiger partial charge in [0.15, 0.2) is 0 Å². The predicted octanol–water partition coefficient (Wildman–Crippen LogP) is 2.15. The molecular weight excluding hydrogens is 306 g/mol. The van der Waals surface area contributed by atoms with Gasteiger partial charge in [-0.25, -0.2) is 9.78 Å². The smallest absolute Gasteiger partial charge is 0.347 e. The average molecular weight is 327 g/mol. The van der Waals surface area contributed by atoms with E-state index in [0.717, 1.165) is 24.4 Å². The van der Waals surface area contributed by atoms with Crippen molar-refractivity contribution in [3.63, 3.8) is 0 Å².